The third-order valence-electron chi connectivity index (χ3n) is 2.49. The van der Waals surface area contributed by atoms with Crippen LogP contribution >= 0.6 is 0 Å². The number of primary amides is 1. The number of benzene rings is 1. The third kappa shape index (κ3) is 2.13. The first-order valence-electron chi connectivity index (χ1n) is 5.11. The normalized spacial score (nSPS) is 18.2. The van der Waals surface area contributed by atoms with Gasteiger partial charge in [0.15, 0.2) is 0 Å². The number of carbonyl (C=O) groups is 2. The van der Waals surface area contributed by atoms with Gasteiger partial charge >= 0.3 is 0 Å². The molecule has 4 N–H and O–H groups in total. The number of hydrogen-bond donors (Lipinski definition) is 3. The van der Waals surface area contributed by atoms with E-state index in [4.69, 9.17) is 5.73 Å². The Morgan fingerprint density at radius 1 is 1.31 bits per heavy atom. The van der Waals surface area contributed by atoms with Gasteiger partial charge in [0.25, 0.3) is 5.91 Å². The van der Waals surface area contributed by atoms with Crippen LogP contribution in [0.25, 0.3) is 0 Å². The van der Waals surface area contributed by atoms with Crippen molar-refractivity contribution >= 4 is 17.5 Å². The average molecular weight is 219 g/mol. The van der Waals surface area contributed by atoms with E-state index in [0.29, 0.717) is 12.0 Å². The minimum absolute atomic E-state index is 0.121. The Kier molecular flexibility index (Phi) is 2.76. The van der Waals surface area contributed by atoms with E-state index in [2.05, 4.69) is 10.6 Å². The highest BCUT2D eigenvalue weighted by atomic mass is 16.2. The van der Waals surface area contributed by atoms with Gasteiger partial charge in [-0.05, 0) is 18.6 Å². The Morgan fingerprint density at radius 2 is 2.06 bits per heavy atom. The molecule has 2 amide bonds. The summed E-state index contributed by atoms with van der Waals surface area (Å²) in [5.74, 6) is -0.487. The maximum atomic E-state index is 11.7. The molecule has 16 heavy (non-hydrogen) atoms. The standard InChI is InChI=1S/C11H13N3O2/c12-9(15)5-6-10-13-8-4-2-1-3-7(8)11(16)14-10/h1-4,10,13H,5-6H2,(H2,12,15)(H,14,16). The smallest absolute Gasteiger partial charge is 0.254 e. The van der Waals surface area contributed by atoms with Gasteiger partial charge in [-0.15, -0.1) is 0 Å². The van der Waals surface area contributed by atoms with Gasteiger partial charge in [-0.1, -0.05) is 12.1 Å². The fourth-order valence-electron chi connectivity index (χ4n) is 1.70. The summed E-state index contributed by atoms with van der Waals surface area (Å²) in [4.78, 5) is 22.3. The van der Waals surface area contributed by atoms with Crippen molar-refractivity contribution in [3.8, 4) is 0 Å². The quantitative estimate of drug-likeness (QED) is 0.689. The average Bonchev–Trinajstić information content (AvgIpc) is 2.26. The lowest BCUT2D eigenvalue weighted by Crippen LogP contribution is -2.45. The van der Waals surface area contributed by atoms with E-state index in [9.17, 15) is 9.59 Å². The van der Waals surface area contributed by atoms with E-state index in [1.54, 1.807) is 6.07 Å². The maximum Gasteiger partial charge on any atom is 0.254 e. The van der Waals surface area contributed by atoms with Crippen LogP contribution < -0.4 is 16.4 Å². The van der Waals surface area contributed by atoms with Gasteiger partial charge in [-0.2, -0.15) is 0 Å². The van der Waals surface area contributed by atoms with Gasteiger partial charge < -0.3 is 16.4 Å². The van der Waals surface area contributed by atoms with Crippen LogP contribution in [0.1, 0.15) is 23.2 Å². The fraction of sp³-hybridized carbons (Fsp3) is 0.273. The Morgan fingerprint density at radius 3 is 2.81 bits per heavy atom. The molecule has 0 radical (unpaired) electrons. The molecule has 1 aliphatic rings. The molecule has 0 aromatic heterocycles. The number of rotatable bonds is 3. The van der Waals surface area contributed by atoms with E-state index in [-0.39, 0.29) is 24.4 Å². The van der Waals surface area contributed by atoms with Crippen molar-refractivity contribution in [3.05, 3.63) is 29.8 Å². The minimum atomic E-state index is -0.366. The molecule has 1 aromatic rings. The fourth-order valence-corrected chi connectivity index (χ4v) is 1.70. The molecule has 1 heterocycles. The zero-order valence-electron chi connectivity index (χ0n) is 8.69. The summed E-state index contributed by atoms with van der Waals surface area (Å²) in [6, 6.07) is 7.26. The van der Waals surface area contributed by atoms with Crippen molar-refractivity contribution < 1.29 is 9.59 Å². The lowest BCUT2D eigenvalue weighted by molar-refractivity contribution is -0.118. The summed E-state index contributed by atoms with van der Waals surface area (Å²) >= 11 is 0. The van der Waals surface area contributed by atoms with Crippen molar-refractivity contribution in [2.45, 2.75) is 19.0 Å². The van der Waals surface area contributed by atoms with Crippen molar-refractivity contribution in [2.75, 3.05) is 5.32 Å². The van der Waals surface area contributed by atoms with Gasteiger partial charge in [0.1, 0.15) is 0 Å². The largest absolute Gasteiger partial charge is 0.370 e. The van der Waals surface area contributed by atoms with E-state index < -0.39 is 0 Å². The second-order valence-corrected chi connectivity index (χ2v) is 3.72. The first-order chi connectivity index (χ1) is 7.66. The predicted octanol–water partition coefficient (Wildman–Crippen LogP) is 0.433. The number of nitrogens with two attached hydrogens (primary N) is 1. The molecule has 0 spiro atoms. The van der Waals surface area contributed by atoms with E-state index in [1.165, 1.54) is 0 Å². The van der Waals surface area contributed by atoms with Gasteiger partial charge in [0.2, 0.25) is 5.91 Å². The molecule has 5 heteroatoms. The predicted molar refractivity (Wildman–Crippen MR) is 59.7 cm³/mol. The zero-order valence-corrected chi connectivity index (χ0v) is 8.69. The maximum absolute atomic E-state index is 11.7. The van der Waals surface area contributed by atoms with Crippen molar-refractivity contribution in [3.63, 3.8) is 0 Å². The second kappa shape index (κ2) is 4.22. The van der Waals surface area contributed by atoms with Crippen molar-refractivity contribution in [1.82, 2.24) is 5.32 Å². The second-order valence-electron chi connectivity index (χ2n) is 3.72. The first-order valence-corrected chi connectivity index (χ1v) is 5.11. The van der Waals surface area contributed by atoms with Gasteiger partial charge in [-0.3, -0.25) is 9.59 Å². The minimum Gasteiger partial charge on any atom is -0.370 e. The molecular weight excluding hydrogens is 206 g/mol. The summed E-state index contributed by atoms with van der Waals surface area (Å²) in [6.07, 6.45) is 0.519. The molecule has 1 atom stereocenters. The van der Waals surface area contributed by atoms with Gasteiger partial charge in [-0.25, -0.2) is 0 Å². The molecule has 0 saturated carbocycles. The highest BCUT2D eigenvalue weighted by molar-refractivity contribution is 6.01. The van der Waals surface area contributed by atoms with Crippen LogP contribution in [-0.4, -0.2) is 18.0 Å². The molecule has 0 aliphatic carbocycles. The summed E-state index contributed by atoms with van der Waals surface area (Å²) in [5, 5.41) is 5.91. The SMILES string of the molecule is NC(=O)CCC1NC(=O)c2ccccc2N1. The van der Waals surface area contributed by atoms with Crippen LogP contribution in [0.2, 0.25) is 0 Å². The molecule has 0 bridgehead atoms. The molecule has 5 nitrogen and oxygen atoms in total. The summed E-state index contributed by atoms with van der Waals surface area (Å²) < 4.78 is 0. The van der Waals surface area contributed by atoms with Gasteiger partial charge in [0, 0.05) is 12.1 Å². The van der Waals surface area contributed by atoms with Crippen LogP contribution in [-0.2, 0) is 4.79 Å². The van der Waals surface area contributed by atoms with Crippen LogP contribution in [0.4, 0.5) is 5.69 Å². The lowest BCUT2D eigenvalue weighted by atomic mass is 10.1. The van der Waals surface area contributed by atoms with Crippen LogP contribution in [0, 0.1) is 0 Å². The van der Waals surface area contributed by atoms with Crippen molar-refractivity contribution in [1.29, 1.82) is 0 Å². The summed E-state index contributed by atoms with van der Waals surface area (Å²) in [5.41, 5.74) is 6.47. The zero-order chi connectivity index (χ0) is 11.5. The summed E-state index contributed by atoms with van der Waals surface area (Å²) in [6.45, 7) is 0. The number of amides is 2. The molecule has 2 rings (SSSR count). The molecule has 84 valence electrons. The molecule has 1 aromatic carbocycles. The number of anilines is 1. The van der Waals surface area contributed by atoms with E-state index in [0.717, 1.165) is 5.69 Å². The number of carbonyl (C=O) groups excluding carboxylic acids is 2. The van der Waals surface area contributed by atoms with E-state index in [1.807, 2.05) is 18.2 Å². The molecular formula is C11H13N3O2. The van der Waals surface area contributed by atoms with Gasteiger partial charge in [0.05, 0.1) is 11.7 Å². The molecule has 0 fully saturated rings. The molecule has 1 aliphatic heterocycles. The number of para-hydroxylation sites is 1. The Bertz CT molecular complexity index is 431. The first kappa shape index (κ1) is 10.5. The highest BCUT2D eigenvalue weighted by Gasteiger charge is 2.22. The monoisotopic (exact) mass is 219 g/mol. The van der Waals surface area contributed by atoms with Crippen LogP contribution in [0.5, 0.6) is 0 Å². The Balaban J connectivity index is 2.09. The van der Waals surface area contributed by atoms with Crippen LogP contribution in [0.3, 0.4) is 0 Å². The molecule has 0 saturated heterocycles. The highest BCUT2D eigenvalue weighted by Crippen LogP contribution is 2.20. The number of nitrogens with one attached hydrogen (secondary N) is 2. The Hall–Kier alpha value is -2.04. The third-order valence-corrected chi connectivity index (χ3v) is 2.49. The number of fused-ring (bicyclic) bond motifs is 1. The number of hydrogen-bond acceptors (Lipinski definition) is 3. The Labute approximate surface area is 93.0 Å². The van der Waals surface area contributed by atoms with Crippen LogP contribution in [0.15, 0.2) is 24.3 Å². The van der Waals surface area contributed by atoms with Crippen molar-refractivity contribution in [2.24, 2.45) is 5.73 Å². The summed E-state index contributed by atoms with van der Waals surface area (Å²) in [7, 11) is 0. The molecule has 1 unspecified atom stereocenters. The lowest BCUT2D eigenvalue weighted by Gasteiger charge is -2.27. The van der Waals surface area contributed by atoms with E-state index >= 15 is 0 Å². The topological polar surface area (TPSA) is 84.2 Å².